The molecular weight excluding hydrogens is 276 g/mol. The molecule has 0 spiro atoms. The van der Waals surface area contributed by atoms with Crippen LogP contribution in [0.3, 0.4) is 0 Å². The lowest BCUT2D eigenvalue weighted by Gasteiger charge is -2.22. The Labute approximate surface area is 143 Å². The molecule has 23 heavy (non-hydrogen) atoms. The van der Waals surface area contributed by atoms with Gasteiger partial charge in [-0.1, -0.05) is 77.9 Å². The maximum Gasteiger partial charge on any atom is -0.00205 e. The fourth-order valence-corrected chi connectivity index (χ4v) is 2.93. The molecule has 0 nitrogen and oxygen atoms in total. The van der Waals surface area contributed by atoms with E-state index in [0.717, 1.165) is 6.42 Å². The highest BCUT2D eigenvalue weighted by Gasteiger charge is 2.16. The van der Waals surface area contributed by atoms with E-state index in [4.69, 9.17) is 0 Å². The minimum Gasteiger partial charge on any atom is -0.0582 e. The number of benzene rings is 2. The van der Waals surface area contributed by atoms with Crippen molar-refractivity contribution >= 4 is 0 Å². The summed E-state index contributed by atoms with van der Waals surface area (Å²) >= 11 is 0. The predicted octanol–water partition coefficient (Wildman–Crippen LogP) is 6.49. The molecule has 0 N–H and O–H groups in total. The molecule has 0 unspecified atom stereocenters. The van der Waals surface area contributed by atoms with Gasteiger partial charge in [-0.25, -0.2) is 0 Å². The molecule has 0 fully saturated rings. The van der Waals surface area contributed by atoms with Gasteiger partial charge in [0.15, 0.2) is 0 Å². The molecule has 124 valence electrons. The van der Waals surface area contributed by atoms with Crippen LogP contribution < -0.4 is 0 Å². The number of hydrogen-bond donors (Lipinski definition) is 0. The summed E-state index contributed by atoms with van der Waals surface area (Å²) in [7, 11) is 0. The van der Waals surface area contributed by atoms with E-state index in [0.29, 0.717) is 0 Å². The Morgan fingerprint density at radius 3 is 1.22 bits per heavy atom. The van der Waals surface area contributed by atoms with Crippen LogP contribution in [0.15, 0.2) is 36.4 Å². The van der Waals surface area contributed by atoms with Gasteiger partial charge in [0.2, 0.25) is 0 Å². The molecule has 2 aromatic carbocycles. The van der Waals surface area contributed by atoms with E-state index >= 15 is 0 Å². The van der Waals surface area contributed by atoms with Crippen LogP contribution in [0.2, 0.25) is 0 Å². The van der Waals surface area contributed by atoms with Crippen LogP contribution in [0.5, 0.6) is 0 Å². The lowest BCUT2D eigenvalue weighted by molar-refractivity contribution is 0.589. The zero-order valence-electron chi connectivity index (χ0n) is 16.2. The van der Waals surface area contributed by atoms with Crippen molar-refractivity contribution in [2.24, 2.45) is 0 Å². The van der Waals surface area contributed by atoms with E-state index in [2.05, 4.69) is 91.8 Å². The van der Waals surface area contributed by atoms with Crippen LogP contribution in [0.25, 0.3) is 0 Å². The molecule has 0 aromatic heterocycles. The van der Waals surface area contributed by atoms with Gasteiger partial charge in [-0.2, -0.15) is 0 Å². The van der Waals surface area contributed by atoms with E-state index in [-0.39, 0.29) is 10.8 Å². The summed E-state index contributed by atoms with van der Waals surface area (Å²) < 4.78 is 0. The summed E-state index contributed by atoms with van der Waals surface area (Å²) in [6, 6.07) is 13.9. The Balaban J connectivity index is 2.30. The smallest absolute Gasteiger partial charge is 0.00205 e. The topological polar surface area (TPSA) is 0 Å². The largest absolute Gasteiger partial charge is 0.0582 e. The van der Waals surface area contributed by atoms with Gasteiger partial charge in [-0.05, 0) is 64.5 Å². The van der Waals surface area contributed by atoms with Crippen molar-refractivity contribution in [3.8, 4) is 0 Å². The first-order valence-corrected chi connectivity index (χ1v) is 8.68. The Bertz CT molecular complexity index is 629. The molecule has 0 bridgehead atoms. The molecule has 2 aromatic rings. The summed E-state index contributed by atoms with van der Waals surface area (Å²) in [5.41, 5.74) is 8.93. The van der Waals surface area contributed by atoms with E-state index in [1.54, 1.807) is 0 Å². The first kappa shape index (κ1) is 17.8. The molecule has 0 aliphatic heterocycles. The predicted molar refractivity (Wildman–Crippen MR) is 103 cm³/mol. The molecule has 0 atom stereocenters. The maximum absolute atomic E-state index is 2.36. The Kier molecular flexibility index (Phi) is 4.76. The molecule has 0 amide bonds. The van der Waals surface area contributed by atoms with Crippen LogP contribution in [0.1, 0.15) is 74.9 Å². The molecule has 0 saturated heterocycles. The van der Waals surface area contributed by atoms with Gasteiger partial charge in [0.05, 0.1) is 0 Å². The summed E-state index contributed by atoms with van der Waals surface area (Å²) in [5.74, 6) is 0. The quantitative estimate of drug-likeness (QED) is 0.595. The van der Waals surface area contributed by atoms with E-state index < -0.39 is 0 Å². The minimum absolute atomic E-state index is 0.216. The molecule has 0 aliphatic carbocycles. The average molecular weight is 309 g/mol. The van der Waals surface area contributed by atoms with Crippen LogP contribution >= 0.6 is 0 Å². The van der Waals surface area contributed by atoms with E-state index in [1.807, 2.05) is 0 Å². The lowest BCUT2D eigenvalue weighted by atomic mass is 9.83. The third kappa shape index (κ3) is 4.25. The Morgan fingerprint density at radius 2 is 0.957 bits per heavy atom. The summed E-state index contributed by atoms with van der Waals surface area (Å²) in [6.07, 6.45) is 1.02. The SMILES string of the molecule is Cc1cc(C(C)(C)C)ccc1Cc1ccc(C(C)(C)C)cc1C. The lowest BCUT2D eigenvalue weighted by Crippen LogP contribution is -2.12. The van der Waals surface area contributed by atoms with Crippen molar-refractivity contribution in [3.63, 3.8) is 0 Å². The number of hydrogen-bond acceptors (Lipinski definition) is 0. The first-order chi connectivity index (χ1) is 10.5. The Morgan fingerprint density at radius 1 is 0.609 bits per heavy atom. The highest BCUT2D eigenvalue weighted by Crippen LogP contribution is 2.28. The number of aryl methyl sites for hydroxylation is 2. The molecule has 0 aliphatic rings. The second kappa shape index (κ2) is 6.15. The van der Waals surface area contributed by atoms with Gasteiger partial charge in [-0.15, -0.1) is 0 Å². The standard InChI is InChI=1S/C23H32/c1-16-13-20(22(3,4)5)11-9-18(16)15-19-10-12-21(14-17(19)2)23(6,7)8/h9-14H,15H2,1-8H3. The Hall–Kier alpha value is -1.56. The van der Waals surface area contributed by atoms with Crippen molar-refractivity contribution in [1.82, 2.24) is 0 Å². The van der Waals surface area contributed by atoms with Crippen molar-refractivity contribution in [1.29, 1.82) is 0 Å². The zero-order chi connectivity index (χ0) is 17.4. The van der Waals surface area contributed by atoms with Crippen molar-refractivity contribution < 1.29 is 0 Å². The normalized spacial score (nSPS) is 12.5. The van der Waals surface area contributed by atoms with Crippen LogP contribution in [0, 0.1) is 13.8 Å². The number of rotatable bonds is 2. The van der Waals surface area contributed by atoms with Gasteiger partial charge in [-0.3, -0.25) is 0 Å². The molecule has 0 heterocycles. The van der Waals surface area contributed by atoms with E-state index in [9.17, 15) is 0 Å². The fraction of sp³-hybridized carbons (Fsp3) is 0.478. The second-order valence-electron chi connectivity index (χ2n) is 8.96. The van der Waals surface area contributed by atoms with Gasteiger partial charge < -0.3 is 0 Å². The van der Waals surface area contributed by atoms with Crippen molar-refractivity contribution in [2.45, 2.75) is 72.6 Å². The summed E-state index contributed by atoms with van der Waals surface area (Å²) in [4.78, 5) is 0. The average Bonchev–Trinajstić information content (AvgIpc) is 2.40. The fourth-order valence-electron chi connectivity index (χ4n) is 2.93. The second-order valence-corrected chi connectivity index (χ2v) is 8.96. The van der Waals surface area contributed by atoms with Gasteiger partial charge in [0.1, 0.15) is 0 Å². The first-order valence-electron chi connectivity index (χ1n) is 8.68. The van der Waals surface area contributed by atoms with Crippen LogP contribution in [-0.2, 0) is 17.3 Å². The summed E-state index contributed by atoms with van der Waals surface area (Å²) in [6.45, 7) is 18.1. The third-order valence-corrected chi connectivity index (χ3v) is 4.80. The highest BCUT2D eigenvalue weighted by atomic mass is 14.2. The molecule has 0 saturated carbocycles. The van der Waals surface area contributed by atoms with Crippen molar-refractivity contribution in [2.75, 3.05) is 0 Å². The van der Waals surface area contributed by atoms with Gasteiger partial charge >= 0.3 is 0 Å². The molecule has 0 heteroatoms. The summed E-state index contributed by atoms with van der Waals surface area (Å²) in [5, 5.41) is 0. The van der Waals surface area contributed by atoms with Crippen molar-refractivity contribution in [3.05, 3.63) is 69.8 Å². The van der Waals surface area contributed by atoms with Crippen LogP contribution in [-0.4, -0.2) is 0 Å². The van der Waals surface area contributed by atoms with Gasteiger partial charge in [0.25, 0.3) is 0 Å². The zero-order valence-corrected chi connectivity index (χ0v) is 16.2. The van der Waals surface area contributed by atoms with E-state index in [1.165, 1.54) is 33.4 Å². The molecular formula is C23H32. The molecule has 0 radical (unpaired) electrons. The monoisotopic (exact) mass is 308 g/mol. The third-order valence-electron chi connectivity index (χ3n) is 4.80. The minimum atomic E-state index is 0.216. The van der Waals surface area contributed by atoms with Crippen LogP contribution in [0.4, 0.5) is 0 Å². The maximum atomic E-state index is 2.36. The highest BCUT2D eigenvalue weighted by molar-refractivity contribution is 5.41. The van der Waals surface area contributed by atoms with Gasteiger partial charge in [0, 0.05) is 0 Å². The molecule has 2 rings (SSSR count).